The lowest BCUT2D eigenvalue weighted by molar-refractivity contribution is -0.144. The van der Waals surface area contributed by atoms with E-state index in [1.165, 1.54) is 16.7 Å². The number of rotatable bonds is 4. The molecule has 0 saturated heterocycles. The van der Waals surface area contributed by atoms with E-state index < -0.39 is 5.97 Å². The molecule has 1 aliphatic heterocycles. The van der Waals surface area contributed by atoms with Gasteiger partial charge in [-0.15, -0.1) is 11.8 Å². The number of thioether (sulfide) groups is 1. The number of nitrogens with zero attached hydrogens (tertiary/aromatic N) is 3. The maximum Gasteiger partial charge on any atom is 0.326 e. The molecule has 0 unspecified atom stereocenters. The Labute approximate surface area is 132 Å². The lowest BCUT2D eigenvalue weighted by Crippen LogP contribution is -2.39. The highest BCUT2D eigenvalue weighted by Crippen LogP contribution is 2.34. The minimum atomic E-state index is -0.434. The lowest BCUT2D eigenvalue weighted by Gasteiger charge is -2.27. The van der Waals surface area contributed by atoms with Crippen LogP contribution in [0.2, 0.25) is 0 Å². The van der Waals surface area contributed by atoms with Crippen LogP contribution in [0.1, 0.15) is 5.69 Å². The number of carbonyl (C=O) groups excluding carboxylic acids is 2. The van der Waals surface area contributed by atoms with Gasteiger partial charge in [0.15, 0.2) is 0 Å². The van der Waals surface area contributed by atoms with E-state index in [4.69, 9.17) is 4.74 Å². The molecule has 3 rings (SSSR count). The van der Waals surface area contributed by atoms with Crippen molar-refractivity contribution in [3.8, 4) is 0 Å². The number of para-hydroxylation sites is 1. The first-order chi connectivity index (χ1) is 10.6. The summed E-state index contributed by atoms with van der Waals surface area (Å²) in [5.41, 5.74) is 1.57. The van der Waals surface area contributed by atoms with Crippen molar-refractivity contribution >= 4 is 29.3 Å². The van der Waals surface area contributed by atoms with E-state index in [1.807, 2.05) is 24.3 Å². The number of anilines is 1. The Kier molecular flexibility index (Phi) is 4.15. The highest BCUT2D eigenvalue weighted by molar-refractivity contribution is 8.00. The molecule has 0 N–H and O–H groups in total. The minimum Gasteiger partial charge on any atom is -0.458 e. The van der Waals surface area contributed by atoms with E-state index in [0.717, 1.165) is 16.3 Å². The van der Waals surface area contributed by atoms with Crippen molar-refractivity contribution in [3.63, 3.8) is 0 Å². The summed E-state index contributed by atoms with van der Waals surface area (Å²) in [6, 6.07) is 9.34. The summed E-state index contributed by atoms with van der Waals surface area (Å²) in [4.78, 5) is 26.6. The molecule has 0 bridgehead atoms. The minimum absolute atomic E-state index is 0.0751. The molecule has 0 atom stereocenters. The fourth-order valence-corrected chi connectivity index (χ4v) is 3.14. The Bertz CT molecular complexity index is 714. The van der Waals surface area contributed by atoms with E-state index >= 15 is 0 Å². The SMILES string of the molecule is Cn1nccc1COC(=O)CN1C(=O)CSc2ccccc21. The van der Waals surface area contributed by atoms with Crippen LogP contribution >= 0.6 is 11.8 Å². The van der Waals surface area contributed by atoms with Gasteiger partial charge in [0.2, 0.25) is 5.91 Å². The molecule has 0 aliphatic carbocycles. The maximum atomic E-state index is 12.1. The summed E-state index contributed by atoms with van der Waals surface area (Å²) < 4.78 is 6.88. The van der Waals surface area contributed by atoms with Gasteiger partial charge in [0.25, 0.3) is 0 Å². The third-order valence-electron chi connectivity index (χ3n) is 3.40. The molecule has 1 aromatic heterocycles. The highest BCUT2D eigenvalue weighted by Gasteiger charge is 2.26. The maximum absolute atomic E-state index is 12.1. The van der Waals surface area contributed by atoms with E-state index in [0.29, 0.717) is 5.75 Å². The zero-order valence-corrected chi connectivity index (χ0v) is 12.9. The summed E-state index contributed by atoms with van der Waals surface area (Å²) in [5.74, 6) is -0.177. The van der Waals surface area contributed by atoms with Crippen LogP contribution in [0, 0.1) is 0 Å². The van der Waals surface area contributed by atoms with Crippen LogP contribution in [0.5, 0.6) is 0 Å². The van der Waals surface area contributed by atoms with Gasteiger partial charge in [-0.1, -0.05) is 12.1 Å². The summed E-state index contributed by atoms with van der Waals surface area (Å²) in [5, 5.41) is 4.01. The standard InChI is InChI=1S/C15H15N3O3S/c1-17-11(6-7-16-17)9-21-15(20)8-18-12-4-2-3-5-13(12)22-10-14(18)19/h2-7H,8-10H2,1H3. The first-order valence-corrected chi connectivity index (χ1v) is 7.78. The van der Waals surface area contributed by atoms with E-state index in [2.05, 4.69) is 5.10 Å². The second-order valence-corrected chi connectivity index (χ2v) is 5.86. The number of fused-ring (bicyclic) bond motifs is 1. The molecule has 0 fully saturated rings. The number of carbonyl (C=O) groups is 2. The van der Waals surface area contributed by atoms with Gasteiger partial charge in [-0.3, -0.25) is 19.2 Å². The van der Waals surface area contributed by atoms with Crippen molar-refractivity contribution in [2.24, 2.45) is 7.05 Å². The van der Waals surface area contributed by atoms with Crippen LogP contribution in [0.15, 0.2) is 41.4 Å². The number of aryl methyl sites for hydroxylation is 1. The Hall–Kier alpha value is -2.28. The number of benzene rings is 1. The number of aromatic nitrogens is 2. The molecule has 22 heavy (non-hydrogen) atoms. The average molecular weight is 317 g/mol. The molecule has 0 radical (unpaired) electrons. The fraction of sp³-hybridized carbons (Fsp3) is 0.267. The molecule has 0 spiro atoms. The van der Waals surface area contributed by atoms with Gasteiger partial charge in [0.05, 0.1) is 17.1 Å². The molecule has 7 heteroatoms. The quantitative estimate of drug-likeness (QED) is 0.802. The highest BCUT2D eigenvalue weighted by atomic mass is 32.2. The summed E-state index contributed by atoms with van der Waals surface area (Å²) >= 11 is 1.49. The number of esters is 1. The van der Waals surface area contributed by atoms with Gasteiger partial charge in [-0.2, -0.15) is 5.10 Å². The number of hydrogen-bond donors (Lipinski definition) is 0. The van der Waals surface area contributed by atoms with Gasteiger partial charge in [-0.25, -0.2) is 0 Å². The van der Waals surface area contributed by atoms with E-state index in [-0.39, 0.29) is 19.1 Å². The normalized spacial score (nSPS) is 13.9. The molecule has 2 heterocycles. The number of ether oxygens (including phenoxy) is 1. The largest absolute Gasteiger partial charge is 0.458 e. The third-order valence-corrected chi connectivity index (χ3v) is 4.45. The van der Waals surface area contributed by atoms with Crippen molar-refractivity contribution in [1.82, 2.24) is 9.78 Å². The first kappa shape index (κ1) is 14.6. The molecule has 2 aromatic rings. The Morgan fingerprint density at radius 3 is 2.95 bits per heavy atom. The Morgan fingerprint density at radius 2 is 2.18 bits per heavy atom. The molecular formula is C15H15N3O3S. The molecule has 1 amide bonds. The fourth-order valence-electron chi connectivity index (χ4n) is 2.20. The van der Waals surface area contributed by atoms with Crippen molar-refractivity contribution < 1.29 is 14.3 Å². The summed E-state index contributed by atoms with van der Waals surface area (Å²) in [6.07, 6.45) is 1.64. The zero-order valence-electron chi connectivity index (χ0n) is 12.1. The van der Waals surface area contributed by atoms with E-state index in [9.17, 15) is 9.59 Å². The van der Waals surface area contributed by atoms with Crippen LogP contribution in [0.4, 0.5) is 5.69 Å². The first-order valence-electron chi connectivity index (χ1n) is 6.80. The van der Waals surface area contributed by atoms with Crippen molar-refractivity contribution in [1.29, 1.82) is 0 Å². The van der Waals surface area contributed by atoms with Gasteiger partial charge >= 0.3 is 5.97 Å². The Morgan fingerprint density at radius 1 is 1.36 bits per heavy atom. The second-order valence-electron chi connectivity index (χ2n) is 4.84. The molecule has 6 nitrogen and oxygen atoms in total. The van der Waals surface area contributed by atoms with Crippen molar-refractivity contribution in [2.45, 2.75) is 11.5 Å². The predicted molar refractivity (Wildman–Crippen MR) is 82.5 cm³/mol. The van der Waals surface area contributed by atoms with Crippen molar-refractivity contribution in [2.75, 3.05) is 17.2 Å². The zero-order chi connectivity index (χ0) is 15.5. The lowest BCUT2D eigenvalue weighted by atomic mass is 10.2. The monoisotopic (exact) mass is 317 g/mol. The van der Waals surface area contributed by atoms with Crippen LogP contribution in [-0.2, 0) is 28.0 Å². The smallest absolute Gasteiger partial charge is 0.326 e. The Balaban J connectivity index is 1.66. The van der Waals surface area contributed by atoms with Crippen LogP contribution in [-0.4, -0.2) is 34.0 Å². The van der Waals surface area contributed by atoms with Crippen LogP contribution < -0.4 is 4.90 Å². The van der Waals surface area contributed by atoms with Crippen LogP contribution in [0.3, 0.4) is 0 Å². The van der Waals surface area contributed by atoms with Crippen molar-refractivity contribution in [3.05, 3.63) is 42.2 Å². The van der Waals surface area contributed by atoms with Gasteiger partial charge in [0, 0.05) is 18.1 Å². The molecule has 1 aromatic carbocycles. The molecule has 0 saturated carbocycles. The molecular weight excluding hydrogens is 302 g/mol. The summed E-state index contributed by atoms with van der Waals surface area (Å²) in [6.45, 7) is 0.0714. The number of hydrogen-bond acceptors (Lipinski definition) is 5. The summed E-state index contributed by atoms with van der Waals surface area (Å²) in [7, 11) is 1.78. The van der Waals surface area contributed by atoms with Crippen LogP contribution in [0.25, 0.3) is 0 Å². The van der Waals surface area contributed by atoms with Gasteiger partial charge in [-0.05, 0) is 18.2 Å². The second kappa shape index (κ2) is 6.23. The molecule has 114 valence electrons. The van der Waals surface area contributed by atoms with E-state index in [1.54, 1.807) is 24.0 Å². The van der Waals surface area contributed by atoms with Gasteiger partial charge < -0.3 is 4.74 Å². The topological polar surface area (TPSA) is 64.4 Å². The van der Waals surface area contributed by atoms with Gasteiger partial charge in [0.1, 0.15) is 13.2 Å². The number of amides is 1. The molecule has 1 aliphatic rings. The predicted octanol–water partition coefficient (Wildman–Crippen LogP) is 1.60. The average Bonchev–Trinajstić information content (AvgIpc) is 2.93. The third kappa shape index (κ3) is 2.99.